The first-order valence-corrected chi connectivity index (χ1v) is 18.4. The van der Waals surface area contributed by atoms with Crippen LogP contribution in [-0.2, 0) is 0 Å². The molecule has 0 spiro atoms. The molecular weight excluding hydrogens is 741 g/mol. The lowest BCUT2D eigenvalue weighted by Crippen LogP contribution is -1.99. The van der Waals surface area contributed by atoms with Crippen LogP contribution in [0.2, 0.25) is 15.2 Å². The maximum Gasteiger partial charge on any atom is 0.161 e. The molecule has 0 radical (unpaired) electrons. The van der Waals surface area contributed by atoms with E-state index in [1.54, 1.807) is 18.0 Å². The third-order valence-corrected chi connectivity index (χ3v) is 10.2. The number of nitrogens with one attached hydrogen (secondary N) is 1. The molecule has 9 aromatic rings. The van der Waals surface area contributed by atoms with Gasteiger partial charge in [0.15, 0.2) is 11.0 Å². The van der Waals surface area contributed by atoms with E-state index in [9.17, 15) is 0 Å². The van der Waals surface area contributed by atoms with Crippen molar-refractivity contribution < 1.29 is 0 Å². The van der Waals surface area contributed by atoms with Gasteiger partial charge in [-0.15, -0.1) is 20.4 Å². The van der Waals surface area contributed by atoms with Crippen molar-refractivity contribution in [2.24, 2.45) is 0 Å². The molecule has 1 N–H and O–H groups in total. The zero-order valence-electron chi connectivity index (χ0n) is 27.7. The van der Waals surface area contributed by atoms with E-state index < -0.39 is 0 Å². The van der Waals surface area contributed by atoms with Crippen molar-refractivity contribution in [1.29, 1.82) is 0 Å². The first-order valence-electron chi connectivity index (χ1n) is 16.4. The molecule has 0 bridgehead atoms. The van der Waals surface area contributed by atoms with Crippen LogP contribution in [-0.4, -0.2) is 30.4 Å². The average Bonchev–Trinajstić information content (AvgIpc) is 3.20. The Hall–Kier alpha value is -5.64. The second kappa shape index (κ2) is 15.5. The van der Waals surface area contributed by atoms with Gasteiger partial charge >= 0.3 is 0 Å². The first-order chi connectivity index (χ1) is 26.0. The number of benzene rings is 5. The number of pyridine rings is 2. The van der Waals surface area contributed by atoms with Crippen LogP contribution in [0, 0.1) is 0 Å². The van der Waals surface area contributed by atoms with Crippen molar-refractivity contribution >= 4 is 90.6 Å². The molecule has 0 unspecified atom stereocenters. The van der Waals surface area contributed by atoms with Crippen molar-refractivity contribution in [3.05, 3.63) is 167 Å². The van der Waals surface area contributed by atoms with Crippen LogP contribution in [0.4, 0.5) is 11.5 Å². The van der Waals surface area contributed by atoms with Gasteiger partial charge in [0.05, 0.1) is 5.52 Å². The van der Waals surface area contributed by atoms with Gasteiger partial charge in [0.25, 0.3) is 0 Å². The number of halogens is 3. The summed E-state index contributed by atoms with van der Waals surface area (Å²) in [4.78, 5) is 11.1. The zero-order valence-corrected chi connectivity index (χ0v) is 30.7. The van der Waals surface area contributed by atoms with Crippen LogP contribution in [0.3, 0.4) is 0 Å². The number of nitrogens with zero attached hydrogens (tertiary/aromatic N) is 6. The fourth-order valence-electron chi connectivity index (χ4n) is 5.82. The van der Waals surface area contributed by atoms with E-state index in [0.29, 0.717) is 21.0 Å². The van der Waals surface area contributed by atoms with Gasteiger partial charge in [-0.2, -0.15) is 0 Å². The molecule has 4 aromatic heterocycles. The second-order valence-electron chi connectivity index (χ2n) is 11.8. The van der Waals surface area contributed by atoms with Crippen molar-refractivity contribution in [3.63, 3.8) is 0 Å². The van der Waals surface area contributed by atoms with Gasteiger partial charge in [0.2, 0.25) is 0 Å². The highest BCUT2D eigenvalue weighted by Crippen LogP contribution is 2.35. The largest absolute Gasteiger partial charge is 0.338 e. The SMILES string of the molecule is Clc1ccc(-c2nnc(Cl)c3ccccc23)cc1.Clc1ccc(-c2nnc(Nc3ccc(Sc4ccnc5cccnc45)cc3)c3ccccc23)cc1. The standard InChI is InChI=1S/C28H18ClN5S.C14H8Cl2N2/c29-19-9-7-18(8-10-19)26-22-4-1-2-5-23(22)28(34-33-26)32-20-11-13-21(14-12-20)35-25-15-17-30-24-6-3-16-31-27(24)25;15-10-7-5-9(6-8-10)13-11-3-1-2-4-12(11)14(16)18-17-13/h1-17H,(H,32,34);1-8H. The fraction of sp³-hybridized carbons (Fsp3) is 0. The van der Waals surface area contributed by atoms with Crippen molar-refractivity contribution in [2.75, 3.05) is 5.32 Å². The highest BCUT2D eigenvalue weighted by Gasteiger charge is 2.12. The Bertz CT molecular complexity index is 2710. The second-order valence-corrected chi connectivity index (χ2v) is 14.1. The molecule has 0 atom stereocenters. The number of aromatic nitrogens is 6. The van der Waals surface area contributed by atoms with E-state index in [1.165, 1.54) is 0 Å². The maximum absolute atomic E-state index is 6.06. The van der Waals surface area contributed by atoms with Crippen molar-refractivity contribution in [2.45, 2.75) is 9.79 Å². The molecule has 7 nitrogen and oxygen atoms in total. The van der Waals surface area contributed by atoms with Gasteiger partial charge in [-0.25, -0.2) is 0 Å². The molecule has 0 aliphatic heterocycles. The fourth-order valence-corrected chi connectivity index (χ4v) is 7.18. The van der Waals surface area contributed by atoms with E-state index in [4.69, 9.17) is 34.8 Å². The summed E-state index contributed by atoms with van der Waals surface area (Å²) in [5.41, 5.74) is 6.32. The van der Waals surface area contributed by atoms with Crippen LogP contribution in [0.25, 0.3) is 55.1 Å². The molecule has 256 valence electrons. The summed E-state index contributed by atoms with van der Waals surface area (Å²) < 4.78 is 0. The number of hydrogen-bond donors (Lipinski definition) is 1. The molecule has 11 heteroatoms. The lowest BCUT2D eigenvalue weighted by atomic mass is 10.0. The molecule has 4 heterocycles. The highest BCUT2D eigenvalue weighted by atomic mass is 35.5. The van der Waals surface area contributed by atoms with Gasteiger partial charge < -0.3 is 5.32 Å². The minimum atomic E-state index is 0.420. The Morgan fingerprint density at radius 3 is 1.72 bits per heavy atom. The molecule has 0 amide bonds. The normalized spacial score (nSPS) is 11.0. The summed E-state index contributed by atoms with van der Waals surface area (Å²) in [5.74, 6) is 0.711. The Morgan fingerprint density at radius 1 is 0.472 bits per heavy atom. The molecule has 0 aliphatic carbocycles. The summed E-state index contributed by atoms with van der Waals surface area (Å²) in [7, 11) is 0. The minimum Gasteiger partial charge on any atom is -0.338 e. The van der Waals surface area contributed by atoms with Gasteiger partial charge in [-0.1, -0.05) is 119 Å². The number of anilines is 2. The topological polar surface area (TPSA) is 89.4 Å². The summed E-state index contributed by atoms with van der Waals surface area (Å²) in [5, 5.41) is 26.4. The van der Waals surface area contributed by atoms with Crippen LogP contribution < -0.4 is 5.32 Å². The Balaban J connectivity index is 0.000000186. The van der Waals surface area contributed by atoms with Crippen molar-refractivity contribution in [3.8, 4) is 22.5 Å². The van der Waals surface area contributed by atoms with Crippen LogP contribution in [0.5, 0.6) is 0 Å². The number of rotatable bonds is 6. The smallest absolute Gasteiger partial charge is 0.161 e. The lowest BCUT2D eigenvalue weighted by Gasteiger charge is -2.12. The monoisotopic (exact) mass is 765 g/mol. The first kappa shape index (κ1) is 34.4. The van der Waals surface area contributed by atoms with Crippen molar-refractivity contribution in [1.82, 2.24) is 30.4 Å². The van der Waals surface area contributed by atoms with Gasteiger partial charge in [0, 0.05) is 70.6 Å². The average molecular weight is 767 g/mol. The summed E-state index contributed by atoms with van der Waals surface area (Å²) in [6, 6.07) is 45.2. The quantitative estimate of drug-likeness (QED) is 0.179. The summed E-state index contributed by atoms with van der Waals surface area (Å²) >= 11 is 19.7. The van der Waals surface area contributed by atoms with E-state index in [2.05, 4.69) is 59.9 Å². The van der Waals surface area contributed by atoms with Gasteiger partial charge in [-0.05, 0) is 66.7 Å². The molecule has 9 rings (SSSR count). The van der Waals surface area contributed by atoms with Gasteiger partial charge in [0.1, 0.15) is 16.9 Å². The van der Waals surface area contributed by atoms with E-state index >= 15 is 0 Å². The van der Waals surface area contributed by atoms with Crippen LogP contribution in [0.1, 0.15) is 0 Å². The lowest BCUT2D eigenvalue weighted by molar-refractivity contribution is 1.06. The molecule has 53 heavy (non-hydrogen) atoms. The minimum absolute atomic E-state index is 0.420. The molecule has 0 fully saturated rings. The van der Waals surface area contributed by atoms with E-state index in [-0.39, 0.29) is 0 Å². The molecular formula is C42H26Cl3N7S. The number of hydrogen-bond acceptors (Lipinski definition) is 8. The Labute approximate surface area is 324 Å². The zero-order chi connectivity index (χ0) is 36.1. The molecule has 0 saturated heterocycles. The van der Waals surface area contributed by atoms with Crippen LogP contribution >= 0.6 is 46.6 Å². The molecule has 0 saturated carbocycles. The third-order valence-electron chi connectivity index (χ3n) is 8.37. The molecule has 0 aliphatic rings. The van der Waals surface area contributed by atoms with Crippen LogP contribution in [0.15, 0.2) is 162 Å². The maximum atomic E-state index is 6.06. The predicted octanol–water partition coefficient (Wildman–Crippen LogP) is 12.4. The highest BCUT2D eigenvalue weighted by molar-refractivity contribution is 7.99. The Morgan fingerprint density at radius 2 is 1.06 bits per heavy atom. The Kier molecular flexibility index (Phi) is 10.1. The van der Waals surface area contributed by atoms with Gasteiger partial charge in [-0.3, -0.25) is 9.97 Å². The third kappa shape index (κ3) is 7.63. The summed E-state index contributed by atoms with van der Waals surface area (Å²) in [6.07, 6.45) is 3.62. The van der Waals surface area contributed by atoms with E-state index in [1.807, 2.05) is 121 Å². The predicted molar refractivity (Wildman–Crippen MR) is 218 cm³/mol. The molecule has 5 aromatic carbocycles. The number of fused-ring (bicyclic) bond motifs is 3. The summed E-state index contributed by atoms with van der Waals surface area (Å²) in [6.45, 7) is 0. The van der Waals surface area contributed by atoms with E-state index in [0.717, 1.165) is 70.6 Å².